The molecule has 0 atom stereocenters. The number of aromatic nitrogens is 4. The van der Waals surface area contributed by atoms with Crippen LogP contribution in [0.5, 0.6) is 0 Å². The van der Waals surface area contributed by atoms with Crippen molar-refractivity contribution in [2.45, 2.75) is 20.4 Å². The molecule has 3 rings (SSSR count). The number of nitro groups is 1. The lowest BCUT2D eigenvalue weighted by atomic mass is 10.2. The molecule has 3 aromatic heterocycles. The van der Waals surface area contributed by atoms with Gasteiger partial charge in [-0.05, 0) is 19.9 Å². The molecular formula is C15H15N7O4S. The minimum absolute atomic E-state index is 0.1000. The highest BCUT2D eigenvalue weighted by Gasteiger charge is 2.23. The van der Waals surface area contributed by atoms with Crippen LogP contribution >= 0.6 is 11.3 Å². The number of carbonyl (C=O) groups excluding carboxylic acids is 2. The van der Waals surface area contributed by atoms with Crippen LogP contribution < -0.4 is 11.1 Å². The van der Waals surface area contributed by atoms with E-state index >= 15 is 0 Å². The van der Waals surface area contributed by atoms with Crippen LogP contribution in [0.4, 0.5) is 10.8 Å². The molecule has 12 heteroatoms. The van der Waals surface area contributed by atoms with Crippen molar-refractivity contribution in [3.05, 3.63) is 44.8 Å². The Morgan fingerprint density at radius 1 is 1.44 bits per heavy atom. The first kappa shape index (κ1) is 18.3. The molecule has 2 amide bonds. The van der Waals surface area contributed by atoms with Gasteiger partial charge in [0.15, 0.2) is 5.13 Å². The lowest BCUT2D eigenvalue weighted by Crippen LogP contribution is -2.20. The average molecular weight is 389 g/mol. The van der Waals surface area contributed by atoms with Crippen LogP contribution in [0.15, 0.2) is 17.6 Å². The van der Waals surface area contributed by atoms with Gasteiger partial charge in [0.1, 0.15) is 23.6 Å². The van der Waals surface area contributed by atoms with Crippen molar-refractivity contribution >= 4 is 34.0 Å². The van der Waals surface area contributed by atoms with E-state index in [-0.39, 0.29) is 23.6 Å². The summed E-state index contributed by atoms with van der Waals surface area (Å²) in [5.41, 5.74) is 7.14. The maximum atomic E-state index is 12.2. The van der Waals surface area contributed by atoms with Gasteiger partial charge < -0.3 is 16.0 Å². The number of carbonyl (C=O) groups is 2. The maximum absolute atomic E-state index is 12.2. The van der Waals surface area contributed by atoms with E-state index in [0.717, 1.165) is 0 Å². The molecule has 27 heavy (non-hydrogen) atoms. The fraction of sp³-hybridized carbons (Fsp3) is 0.200. The number of amides is 2. The second kappa shape index (κ2) is 6.99. The molecule has 0 spiro atoms. The van der Waals surface area contributed by atoms with Crippen LogP contribution in [-0.4, -0.2) is 36.5 Å². The number of anilines is 1. The van der Waals surface area contributed by atoms with Crippen molar-refractivity contribution < 1.29 is 14.5 Å². The molecule has 0 aliphatic heterocycles. The lowest BCUT2D eigenvalue weighted by Gasteiger charge is -2.03. The van der Waals surface area contributed by atoms with Crippen LogP contribution in [0, 0.1) is 24.0 Å². The Labute approximate surface area is 156 Å². The molecule has 0 aliphatic rings. The minimum atomic E-state index is -0.580. The van der Waals surface area contributed by atoms with Crippen LogP contribution in [0.2, 0.25) is 0 Å². The molecule has 0 bridgehead atoms. The molecule has 0 aliphatic carbocycles. The molecule has 0 radical (unpaired) electrons. The lowest BCUT2D eigenvalue weighted by molar-refractivity contribution is -0.386. The van der Waals surface area contributed by atoms with Gasteiger partial charge in [0.05, 0.1) is 10.6 Å². The number of primary amides is 1. The zero-order chi connectivity index (χ0) is 19.7. The third-order valence-electron chi connectivity index (χ3n) is 3.81. The van der Waals surface area contributed by atoms with E-state index in [9.17, 15) is 19.7 Å². The zero-order valence-corrected chi connectivity index (χ0v) is 15.2. The van der Waals surface area contributed by atoms with Gasteiger partial charge >= 0.3 is 5.69 Å². The Bertz CT molecular complexity index is 1050. The summed E-state index contributed by atoms with van der Waals surface area (Å²) in [7, 11) is 0. The summed E-state index contributed by atoms with van der Waals surface area (Å²) in [4.78, 5) is 40.9. The Morgan fingerprint density at radius 3 is 2.78 bits per heavy atom. The summed E-state index contributed by atoms with van der Waals surface area (Å²) in [6.45, 7) is 2.88. The summed E-state index contributed by atoms with van der Waals surface area (Å²) in [5, 5.41) is 19.8. The van der Waals surface area contributed by atoms with E-state index in [0.29, 0.717) is 22.1 Å². The number of nitrogens with zero attached hydrogens (tertiary/aromatic N) is 4. The van der Waals surface area contributed by atoms with E-state index in [4.69, 9.17) is 5.73 Å². The number of nitrogens with two attached hydrogens (primary N) is 1. The van der Waals surface area contributed by atoms with Gasteiger partial charge in [-0.3, -0.25) is 24.4 Å². The molecule has 0 aromatic carbocycles. The number of aromatic amines is 1. The van der Waals surface area contributed by atoms with Crippen molar-refractivity contribution in [2.75, 3.05) is 5.32 Å². The zero-order valence-electron chi connectivity index (χ0n) is 14.3. The van der Waals surface area contributed by atoms with Crippen molar-refractivity contribution in [1.82, 2.24) is 19.7 Å². The average Bonchev–Trinajstić information content (AvgIpc) is 3.27. The molecule has 0 saturated carbocycles. The second-order valence-corrected chi connectivity index (χ2v) is 6.54. The number of hydrogen-bond acceptors (Lipinski definition) is 7. The number of rotatable bonds is 6. The predicted molar refractivity (Wildman–Crippen MR) is 97.4 cm³/mol. The number of H-pyrrole nitrogens is 1. The summed E-state index contributed by atoms with van der Waals surface area (Å²) in [5.74, 6) is -0.993. The first-order chi connectivity index (χ1) is 12.8. The van der Waals surface area contributed by atoms with Gasteiger partial charge in [-0.25, -0.2) is 4.98 Å². The molecule has 4 N–H and O–H groups in total. The van der Waals surface area contributed by atoms with Gasteiger partial charge in [0.2, 0.25) is 5.91 Å². The number of thiazole rings is 1. The van der Waals surface area contributed by atoms with Crippen molar-refractivity contribution in [3.8, 4) is 11.3 Å². The monoisotopic (exact) mass is 389 g/mol. The molecule has 3 aromatic rings. The van der Waals surface area contributed by atoms with Crippen molar-refractivity contribution in [3.63, 3.8) is 0 Å². The first-order valence-electron chi connectivity index (χ1n) is 7.68. The Hall–Kier alpha value is -3.54. The maximum Gasteiger partial charge on any atom is 0.312 e. The van der Waals surface area contributed by atoms with Gasteiger partial charge in [-0.2, -0.15) is 5.10 Å². The van der Waals surface area contributed by atoms with E-state index in [1.165, 1.54) is 29.9 Å². The van der Waals surface area contributed by atoms with Gasteiger partial charge in [0, 0.05) is 17.1 Å². The van der Waals surface area contributed by atoms with Crippen LogP contribution in [-0.2, 0) is 11.3 Å². The quantitative estimate of drug-likeness (QED) is 0.428. The molecule has 11 nitrogen and oxygen atoms in total. The van der Waals surface area contributed by atoms with Crippen molar-refractivity contribution in [1.29, 1.82) is 0 Å². The van der Waals surface area contributed by atoms with E-state index in [1.54, 1.807) is 17.6 Å². The molecule has 0 fully saturated rings. The van der Waals surface area contributed by atoms with E-state index in [2.05, 4.69) is 20.4 Å². The van der Waals surface area contributed by atoms with E-state index < -0.39 is 16.7 Å². The molecule has 0 saturated heterocycles. The third-order valence-corrected chi connectivity index (χ3v) is 4.57. The summed E-state index contributed by atoms with van der Waals surface area (Å²) >= 11 is 1.21. The highest BCUT2D eigenvalue weighted by molar-refractivity contribution is 7.14. The molecule has 140 valence electrons. The molecular weight excluding hydrogens is 374 g/mol. The fourth-order valence-electron chi connectivity index (χ4n) is 2.55. The number of hydrogen-bond donors (Lipinski definition) is 3. The standard InChI is InChI=1S/C15H15N7O4S/c1-7-13(22(25)26)8(2)21(20-7)5-12(23)19-15-18-11(6-27-15)9-3-10(14(16)24)17-4-9/h3-4,6,17H,5H2,1-2H3,(H2,16,24)(H,18,19,23). The number of nitrogens with one attached hydrogen (secondary N) is 2. The smallest absolute Gasteiger partial charge is 0.312 e. The normalized spacial score (nSPS) is 10.7. The SMILES string of the molecule is Cc1nn(CC(=O)Nc2nc(-c3c[nH]c(C(N)=O)c3)cs2)c(C)c1[N+](=O)[O-]. The topological polar surface area (TPSA) is 162 Å². The number of aryl methyl sites for hydroxylation is 1. The van der Waals surface area contributed by atoms with Gasteiger partial charge in [-0.1, -0.05) is 0 Å². The Balaban J connectivity index is 1.70. The highest BCUT2D eigenvalue weighted by atomic mass is 32.1. The van der Waals surface area contributed by atoms with Gasteiger partial charge in [-0.15, -0.1) is 11.3 Å². The largest absolute Gasteiger partial charge is 0.364 e. The Morgan fingerprint density at radius 2 is 2.19 bits per heavy atom. The van der Waals surface area contributed by atoms with Gasteiger partial charge in [0.25, 0.3) is 5.91 Å². The van der Waals surface area contributed by atoms with E-state index in [1.807, 2.05) is 0 Å². The summed E-state index contributed by atoms with van der Waals surface area (Å²) in [6, 6.07) is 1.57. The Kier molecular flexibility index (Phi) is 4.73. The first-order valence-corrected chi connectivity index (χ1v) is 8.56. The predicted octanol–water partition coefficient (Wildman–Crippen LogP) is 1.60. The second-order valence-electron chi connectivity index (χ2n) is 5.69. The van der Waals surface area contributed by atoms with Crippen LogP contribution in [0.3, 0.4) is 0 Å². The third kappa shape index (κ3) is 3.69. The fourth-order valence-corrected chi connectivity index (χ4v) is 3.28. The summed E-state index contributed by atoms with van der Waals surface area (Å²) < 4.78 is 1.28. The minimum Gasteiger partial charge on any atom is -0.364 e. The highest BCUT2D eigenvalue weighted by Crippen LogP contribution is 2.26. The molecule has 3 heterocycles. The van der Waals surface area contributed by atoms with Crippen LogP contribution in [0.25, 0.3) is 11.3 Å². The summed E-state index contributed by atoms with van der Waals surface area (Å²) in [6.07, 6.45) is 1.59. The molecule has 0 unspecified atom stereocenters. The van der Waals surface area contributed by atoms with Crippen molar-refractivity contribution in [2.24, 2.45) is 5.73 Å². The van der Waals surface area contributed by atoms with Crippen LogP contribution in [0.1, 0.15) is 21.9 Å².